The van der Waals surface area contributed by atoms with Crippen LogP contribution in [0.25, 0.3) is 0 Å². The number of amides is 2. The van der Waals surface area contributed by atoms with E-state index in [1.807, 2.05) is 6.07 Å². The second-order valence-corrected chi connectivity index (χ2v) is 5.87. The Morgan fingerprint density at radius 2 is 2.00 bits per heavy atom. The normalized spacial score (nSPS) is 12.8. The van der Waals surface area contributed by atoms with Crippen LogP contribution in [0.5, 0.6) is 0 Å². The van der Waals surface area contributed by atoms with Crippen LogP contribution in [0, 0.1) is 0 Å². The molecule has 0 saturated carbocycles. The summed E-state index contributed by atoms with van der Waals surface area (Å²) in [6, 6.07) is 4.80. The molecule has 0 unspecified atom stereocenters. The van der Waals surface area contributed by atoms with Crippen LogP contribution >= 0.6 is 11.3 Å². The molecular formula is C14H13N3O3S. The Bertz CT molecular complexity index is 741. The summed E-state index contributed by atoms with van der Waals surface area (Å²) in [5.41, 5.74) is 5.25. The second kappa shape index (κ2) is 5.53. The summed E-state index contributed by atoms with van der Waals surface area (Å²) in [4.78, 5) is 39.4. The maximum atomic E-state index is 12.0. The molecule has 6 nitrogen and oxygen atoms in total. The fourth-order valence-electron chi connectivity index (χ4n) is 2.28. The van der Waals surface area contributed by atoms with Gasteiger partial charge >= 0.3 is 0 Å². The van der Waals surface area contributed by atoms with Crippen LogP contribution in [-0.4, -0.2) is 16.8 Å². The number of aryl methyl sites for hydroxylation is 2. The lowest BCUT2D eigenvalue weighted by atomic mass is 10.2. The van der Waals surface area contributed by atoms with Crippen LogP contribution in [0.3, 0.4) is 0 Å². The maximum absolute atomic E-state index is 12.0. The molecule has 0 fully saturated rings. The van der Waals surface area contributed by atoms with Gasteiger partial charge in [0.25, 0.3) is 17.4 Å². The number of carbonyl (C=O) groups is 2. The van der Waals surface area contributed by atoms with Gasteiger partial charge in [-0.3, -0.25) is 25.2 Å². The Hall–Kier alpha value is -2.41. The summed E-state index contributed by atoms with van der Waals surface area (Å²) in [5.74, 6) is -1.01. The average molecular weight is 303 g/mol. The van der Waals surface area contributed by atoms with Crippen LogP contribution < -0.4 is 16.4 Å². The molecule has 0 bridgehead atoms. The third-order valence-corrected chi connectivity index (χ3v) is 4.56. The van der Waals surface area contributed by atoms with Gasteiger partial charge < -0.3 is 4.98 Å². The molecule has 3 rings (SSSR count). The van der Waals surface area contributed by atoms with Crippen molar-refractivity contribution >= 4 is 23.2 Å². The third-order valence-electron chi connectivity index (χ3n) is 3.32. The Balaban J connectivity index is 1.64. The predicted molar refractivity (Wildman–Crippen MR) is 78.3 cm³/mol. The summed E-state index contributed by atoms with van der Waals surface area (Å²) >= 11 is 1.45. The van der Waals surface area contributed by atoms with E-state index in [1.54, 1.807) is 6.07 Å². The Labute approximate surface area is 124 Å². The van der Waals surface area contributed by atoms with E-state index in [1.165, 1.54) is 34.0 Å². The first-order chi connectivity index (χ1) is 10.1. The molecule has 1 aliphatic carbocycles. The molecular weight excluding hydrogens is 290 g/mol. The first-order valence-corrected chi connectivity index (χ1v) is 7.37. The minimum Gasteiger partial charge on any atom is -0.328 e. The van der Waals surface area contributed by atoms with Crippen molar-refractivity contribution in [1.82, 2.24) is 15.8 Å². The molecule has 0 spiro atoms. The Morgan fingerprint density at radius 1 is 1.19 bits per heavy atom. The molecule has 0 saturated heterocycles. The summed E-state index contributed by atoms with van der Waals surface area (Å²) in [6.45, 7) is 0. The molecule has 2 heterocycles. The van der Waals surface area contributed by atoms with Crippen molar-refractivity contribution in [3.05, 3.63) is 55.6 Å². The van der Waals surface area contributed by atoms with Crippen LogP contribution in [-0.2, 0) is 12.8 Å². The van der Waals surface area contributed by atoms with Gasteiger partial charge in [-0.25, -0.2) is 0 Å². The Kier molecular flexibility index (Phi) is 3.57. The number of hydrogen-bond acceptors (Lipinski definition) is 4. The van der Waals surface area contributed by atoms with E-state index in [4.69, 9.17) is 0 Å². The van der Waals surface area contributed by atoms with E-state index < -0.39 is 11.5 Å². The predicted octanol–water partition coefficient (Wildman–Crippen LogP) is 1.000. The van der Waals surface area contributed by atoms with Crippen LogP contribution in [0.4, 0.5) is 0 Å². The first-order valence-electron chi connectivity index (χ1n) is 6.55. The van der Waals surface area contributed by atoms with Gasteiger partial charge in [0.15, 0.2) is 0 Å². The average Bonchev–Trinajstić information content (AvgIpc) is 3.06. The van der Waals surface area contributed by atoms with Crippen molar-refractivity contribution in [2.45, 2.75) is 19.3 Å². The summed E-state index contributed by atoms with van der Waals surface area (Å²) < 4.78 is 0. The van der Waals surface area contributed by atoms with Gasteiger partial charge in [0, 0.05) is 11.1 Å². The minimum absolute atomic E-state index is 0.0496. The van der Waals surface area contributed by atoms with Crippen LogP contribution in [0.15, 0.2) is 29.2 Å². The topological polar surface area (TPSA) is 91.1 Å². The van der Waals surface area contributed by atoms with E-state index in [2.05, 4.69) is 15.8 Å². The molecule has 0 atom stereocenters. The summed E-state index contributed by atoms with van der Waals surface area (Å²) in [6.07, 6.45) is 4.59. The van der Waals surface area contributed by atoms with Gasteiger partial charge in [0.2, 0.25) is 0 Å². The molecule has 108 valence electrons. The summed E-state index contributed by atoms with van der Waals surface area (Å²) in [7, 11) is 0. The molecule has 1 aliphatic rings. The van der Waals surface area contributed by atoms with Crippen LogP contribution in [0.2, 0.25) is 0 Å². The molecule has 21 heavy (non-hydrogen) atoms. The van der Waals surface area contributed by atoms with Crippen molar-refractivity contribution in [2.75, 3.05) is 0 Å². The van der Waals surface area contributed by atoms with Gasteiger partial charge in [-0.2, -0.15) is 0 Å². The van der Waals surface area contributed by atoms with E-state index in [9.17, 15) is 14.4 Å². The minimum atomic E-state index is -0.644. The first kappa shape index (κ1) is 13.6. The fourth-order valence-corrected chi connectivity index (χ4v) is 3.43. The fraction of sp³-hybridized carbons (Fsp3) is 0.214. The van der Waals surface area contributed by atoms with Gasteiger partial charge in [0.05, 0.1) is 4.88 Å². The Morgan fingerprint density at radius 3 is 2.76 bits per heavy atom. The van der Waals surface area contributed by atoms with E-state index >= 15 is 0 Å². The smallest absolute Gasteiger partial charge is 0.279 e. The second-order valence-electron chi connectivity index (χ2n) is 4.73. The van der Waals surface area contributed by atoms with Crippen molar-refractivity contribution in [1.29, 1.82) is 0 Å². The highest BCUT2D eigenvalue weighted by molar-refractivity contribution is 7.14. The molecule has 7 heteroatoms. The SMILES string of the molecule is O=C(NNC(=O)c1ccc[nH]c1=O)c1cc2c(s1)CCC2. The summed E-state index contributed by atoms with van der Waals surface area (Å²) in [5, 5.41) is 0. The lowest BCUT2D eigenvalue weighted by Gasteiger charge is -2.05. The number of hydrogen-bond donors (Lipinski definition) is 3. The van der Waals surface area contributed by atoms with Gasteiger partial charge in [-0.15, -0.1) is 11.3 Å². The maximum Gasteiger partial charge on any atom is 0.279 e. The van der Waals surface area contributed by atoms with E-state index in [0.717, 1.165) is 19.3 Å². The lowest BCUT2D eigenvalue weighted by molar-refractivity contribution is 0.0848. The molecule has 0 aromatic carbocycles. The van der Waals surface area contributed by atoms with Gasteiger partial charge in [0.1, 0.15) is 5.56 Å². The molecule has 0 radical (unpaired) electrons. The van der Waals surface area contributed by atoms with Crippen molar-refractivity contribution in [3.63, 3.8) is 0 Å². The quantitative estimate of drug-likeness (QED) is 0.723. The molecule has 2 amide bonds. The highest BCUT2D eigenvalue weighted by Crippen LogP contribution is 2.30. The zero-order chi connectivity index (χ0) is 14.8. The molecule has 2 aromatic heterocycles. The number of carbonyl (C=O) groups excluding carboxylic acids is 2. The number of nitrogens with one attached hydrogen (secondary N) is 3. The van der Waals surface area contributed by atoms with Gasteiger partial charge in [-0.05, 0) is 43.0 Å². The largest absolute Gasteiger partial charge is 0.328 e. The van der Waals surface area contributed by atoms with E-state index in [-0.39, 0.29) is 11.5 Å². The number of aromatic nitrogens is 1. The molecule has 3 N–H and O–H groups in total. The number of rotatable bonds is 2. The monoisotopic (exact) mass is 303 g/mol. The zero-order valence-corrected chi connectivity index (χ0v) is 11.9. The highest BCUT2D eigenvalue weighted by atomic mass is 32.1. The third kappa shape index (κ3) is 2.73. The van der Waals surface area contributed by atoms with Gasteiger partial charge in [-0.1, -0.05) is 0 Å². The molecule has 0 aliphatic heterocycles. The van der Waals surface area contributed by atoms with Crippen LogP contribution in [0.1, 0.15) is 36.9 Å². The number of fused-ring (bicyclic) bond motifs is 1. The van der Waals surface area contributed by atoms with Crippen molar-refractivity contribution in [3.8, 4) is 0 Å². The van der Waals surface area contributed by atoms with E-state index in [0.29, 0.717) is 4.88 Å². The zero-order valence-electron chi connectivity index (χ0n) is 11.1. The van der Waals surface area contributed by atoms with Crippen molar-refractivity contribution < 1.29 is 9.59 Å². The number of hydrazine groups is 1. The number of pyridine rings is 1. The molecule has 2 aromatic rings. The number of H-pyrrole nitrogens is 1. The number of thiophene rings is 1. The highest BCUT2D eigenvalue weighted by Gasteiger charge is 2.19. The number of aromatic amines is 1. The van der Waals surface area contributed by atoms with Crippen molar-refractivity contribution in [2.24, 2.45) is 0 Å². The lowest BCUT2D eigenvalue weighted by Crippen LogP contribution is -2.43. The standard InChI is InChI=1S/C14H13N3O3S/c18-12-9(4-2-6-15-12)13(19)16-17-14(20)11-7-8-3-1-5-10(8)21-11/h2,4,6-7H,1,3,5H2,(H,15,18)(H,16,19)(H,17,20).